The zero-order valence-corrected chi connectivity index (χ0v) is 19.3. The van der Waals surface area contributed by atoms with Gasteiger partial charge in [0.05, 0.1) is 12.2 Å². The Kier molecular flexibility index (Phi) is 13.2. The molecule has 0 aromatic rings. The van der Waals surface area contributed by atoms with Crippen LogP contribution in [0.15, 0.2) is 0 Å². The Balaban J connectivity index is 5.04. The Morgan fingerprint density at radius 2 is 0.840 bits per heavy atom. The zero-order chi connectivity index (χ0) is 19.6. The predicted octanol–water partition coefficient (Wildman–Crippen LogP) is 7.98. The van der Waals surface area contributed by atoms with Crippen molar-refractivity contribution < 1.29 is 4.74 Å². The molecule has 0 aliphatic heterocycles. The highest BCUT2D eigenvalue weighted by molar-refractivity contribution is 4.74. The van der Waals surface area contributed by atoms with Gasteiger partial charge >= 0.3 is 0 Å². The van der Waals surface area contributed by atoms with E-state index >= 15 is 0 Å². The minimum Gasteiger partial charge on any atom is -0.375 e. The molecule has 25 heavy (non-hydrogen) atoms. The maximum Gasteiger partial charge on any atom is 0.0584 e. The lowest BCUT2D eigenvalue weighted by Crippen LogP contribution is -2.30. The molecule has 1 heteroatoms. The van der Waals surface area contributed by atoms with Crippen LogP contribution in [0.5, 0.6) is 0 Å². The first kappa shape index (κ1) is 25.0. The van der Waals surface area contributed by atoms with E-state index in [0.717, 1.165) is 35.5 Å². The molecule has 0 bridgehead atoms. The number of rotatable bonds is 14. The first-order valence-electron chi connectivity index (χ1n) is 11.3. The van der Waals surface area contributed by atoms with Gasteiger partial charge < -0.3 is 4.74 Å². The molecule has 1 nitrogen and oxygen atoms in total. The van der Waals surface area contributed by atoms with E-state index < -0.39 is 0 Å². The monoisotopic (exact) mass is 354 g/mol. The second-order valence-corrected chi connectivity index (χ2v) is 9.79. The van der Waals surface area contributed by atoms with E-state index in [1.165, 1.54) is 38.5 Å². The molecule has 0 saturated heterocycles. The quantitative estimate of drug-likeness (QED) is 0.307. The third-order valence-electron chi connectivity index (χ3n) is 6.65. The molecule has 152 valence electrons. The third-order valence-corrected chi connectivity index (χ3v) is 6.65. The average Bonchev–Trinajstić information content (AvgIpc) is 2.53. The van der Waals surface area contributed by atoms with Gasteiger partial charge in [0.2, 0.25) is 0 Å². The van der Waals surface area contributed by atoms with Gasteiger partial charge in [-0.05, 0) is 61.2 Å². The molecular weight excluding hydrogens is 304 g/mol. The lowest BCUT2D eigenvalue weighted by molar-refractivity contribution is -0.0566. The van der Waals surface area contributed by atoms with Gasteiger partial charge in [-0.3, -0.25) is 0 Å². The van der Waals surface area contributed by atoms with E-state index in [1.807, 2.05) is 0 Å². The number of hydrogen-bond donors (Lipinski definition) is 0. The molecule has 0 radical (unpaired) electrons. The molecule has 0 amide bonds. The van der Waals surface area contributed by atoms with Crippen molar-refractivity contribution in [1.82, 2.24) is 0 Å². The Morgan fingerprint density at radius 3 is 1.08 bits per heavy atom. The maximum absolute atomic E-state index is 6.84. The first-order chi connectivity index (χ1) is 11.6. The van der Waals surface area contributed by atoms with Gasteiger partial charge in [0.15, 0.2) is 0 Å². The first-order valence-corrected chi connectivity index (χ1v) is 11.3. The summed E-state index contributed by atoms with van der Waals surface area (Å²) in [5.41, 5.74) is 0. The fourth-order valence-electron chi connectivity index (χ4n) is 3.29. The molecule has 0 heterocycles. The van der Waals surface area contributed by atoms with E-state index in [-0.39, 0.29) is 0 Å². The van der Waals surface area contributed by atoms with Crippen LogP contribution in [0.25, 0.3) is 0 Å². The Hall–Kier alpha value is -0.0400. The van der Waals surface area contributed by atoms with Crippen molar-refractivity contribution in [2.75, 3.05) is 0 Å². The highest BCUT2D eigenvalue weighted by atomic mass is 16.5. The van der Waals surface area contributed by atoms with Gasteiger partial charge in [-0.25, -0.2) is 0 Å². The van der Waals surface area contributed by atoms with Crippen LogP contribution < -0.4 is 0 Å². The Morgan fingerprint density at radius 1 is 0.520 bits per heavy atom. The molecule has 6 unspecified atom stereocenters. The van der Waals surface area contributed by atoms with Gasteiger partial charge in [0.1, 0.15) is 0 Å². The second-order valence-electron chi connectivity index (χ2n) is 9.79. The van der Waals surface area contributed by atoms with Crippen LogP contribution in [-0.2, 0) is 4.74 Å². The van der Waals surface area contributed by atoms with Crippen molar-refractivity contribution in [2.45, 2.75) is 120 Å². The van der Waals surface area contributed by atoms with Crippen molar-refractivity contribution in [1.29, 1.82) is 0 Å². The minimum atomic E-state index is 0.431. The highest BCUT2D eigenvalue weighted by Crippen LogP contribution is 2.29. The van der Waals surface area contributed by atoms with Crippen molar-refractivity contribution in [3.8, 4) is 0 Å². The molecule has 0 saturated carbocycles. The van der Waals surface area contributed by atoms with E-state index in [1.54, 1.807) is 0 Å². The van der Waals surface area contributed by atoms with Gasteiger partial charge in [0, 0.05) is 0 Å². The van der Waals surface area contributed by atoms with Crippen LogP contribution in [0.3, 0.4) is 0 Å². The van der Waals surface area contributed by atoms with Gasteiger partial charge in [-0.2, -0.15) is 0 Å². The normalized spacial score (nSPS) is 19.7. The summed E-state index contributed by atoms with van der Waals surface area (Å²) in [7, 11) is 0. The molecule has 0 aromatic heterocycles. The molecule has 0 aliphatic carbocycles. The summed E-state index contributed by atoms with van der Waals surface area (Å²) < 4.78 is 6.84. The Bertz CT molecular complexity index is 279. The summed E-state index contributed by atoms with van der Waals surface area (Å²) in [6.07, 6.45) is 8.26. The molecule has 0 aliphatic rings. The molecule has 0 rings (SSSR count). The summed E-state index contributed by atoms with van der Waals surface area (Å²) in [5.74, 6) is 4.48. The molecular formula is C24H50O. The smallest absolute Gasteiger partial charge is 0.0584 e. The van der Waals surface area contributed by atoms with Crippen molar-refractivity contribution in [3.63, 3.8) is 0 Å². The van der Waals surface area contributed by atoms with Crippen molar-refractivity contribution in [2.24, 2.45) is 35.5 Å². The third kappa shape index (κ3) is 11.3. The van der Waals surface area contributed by atoms with Crippen LogP contribution in [-0.4, -0.2) is 12.2 Å². The predicted molar refractivity (Wildman–Crippen MR) is 114 cm³/mol. The average molecular weight is 355 g/mol. The SMILES string of the molecule is CCC(C)CC(CC(C)C(C)C)OC(CC(C)CC)CC(C)C(C)C. The van der Waals surface area contributed by atoms with E-state index in [0.29, 0.717) is 12.2 Å². The fourth-order valence-corrected chi connectivity index (χ4v) is 3.29. The highest BCUT2D eigenvalue weighted by Gasteiger charge is 2.25. The standard InChI is InChI=1S/C24H50O/c1-11-19(7)13-23(15-21(9)17(3)4)25-24(14-20(8)12-2)16-22(10)18(5)6/h17-24H,11-16H2,1-10H3. The van der Waals surface area contributed by atoms with Crippen LogP contribution >= 0.6 is 0 Å². The lowest BCUT2D eigenvalue weighted by atomic mass is 9.86. The van der Waals surface area contributed by atoms with Crippen molar-refractivity contribution in [3.05, 3.63) is 0 Å². The van der Waals surface area contributed by atoms with Crippen molar-refractivity contribution >= 4 is 0 Å². The van der Waals surface area contributed by atoms with E-state index in [4.69, 9.17) is 4.74 Å². The summed E-state index contributed by atoms with van der Waals surface area (Å²) >= 11 is 0. The summed E-state index contributed by atoms with van der Waals surface area (Å²) in [4.78, 5) is 0. The Labute approximate surface area is 160 Å². The van der Waals surface area contributed by atoms with Crippen LogP contribution in [0, 0.1) is 35.5 Å². The second kappa shape index (κ2) is 13.2. The molecule has 0 fully saturated rings. The fraction of sp³-hybridized carbons (Fsp3) is 1.00. The van der Waals surface area contributed by atoms with E-state index in [2.05, 4.69) is 69.2 Å². The summed E-state index contributed by atoms with van der Waals surface area (Å²) in [6.45, 7) is 23.6. The summed E-state index contributed by atoms with van der Waals surface area (Å²) in [6, 6.07) is 0. The van der Waals surface area contributed by atoms with Crippen LogP contribution in [0.1, 0.15) is 108 Å². The van der Waals surface area contributed by atoms with Crippen LogP contribution in [0.4, 0.5) is 0 Å². The van der Waals surface area contributed by atoms with E-state index in [9.17, 15) is 0 Å². The van der Waals surface area contributed by atoms with Gasteiger partial charge in [0.25, 0.3) is 0 Å². The summed E-state index contributed by atoms with van der Waals surface area (Å²) in [5, 5.41) is 0. The molecule has 0 aromatic carbocycles. The molecule has 0 N–H and O–H groups in total. The topological polar surface area (TPSA) is 9.23 Å². The largest absolute Gasteiger partial charge is 0.375 e. The van der Waals surface area contributed by atoms with Crippen LogP contribution in [0.2, 0.25) is 0 Å². The van der Waals surface area contributed by atoms with Gasteiger partial charge in [-0.1, -0.05) is 82.1 Å². The number of ether oxygens (including phenoxy) is 1. The molecule has 0 spiro atoms. The molecule has 6 atom stereocenters. The lowest BCUT2D eigenvalue weighted by Gasteiger charge is -2.32. The van der Waals surface area contributed by atoms with Gasteiger partial charge in [-0.15, -0.1) is 0 Å². The zero-order valence-electron chi connectivity index (χ0n) is 19.3. The minimum absolute atomic E-state index is 0.431. The number of hydrogen-bond acceptors (Lipinski definition) is 1. The maximum atomic E-state index is 6.84.